The SMILES string of the molecule is CCC(C=O)Oc1ccc(-n2nc(C(F)(F)F)cc2-c2ccc(S(C)(=O)=O)cc2)cc1. The number of alkyl halides is 3. The van der Waals surface area contributed by atoms with E-state index in [2.05, 4.69) is 5.10 Å². The van der Waals surface area contributed by atoms with Crippen molar-refractivity contribution in [3.8, 4) is 22.7 Å². The van der Waals surface area contributed by atoms with E-state index in [9.17, 15) is 26.4 Å². The first-order valence-corrected chi connectivity index (χ1v) is 11.1. The molecule has 0 spiro atoms. The average Bonchev–Trinajstić information content (AvgIpc) is 3.18. The molecule has 1 atom stereocenters. The first-order valence-electron chi connectivity index (χ1n) is 9.23. The molecule has 31 heavy (non-hydrogen) atoms. The van der Waals surface area contributed by atoms with Crippen LogP contribution in [0.4, 0.5) is 13.2 Å². The van der Waals surface area contributed by atoms with E-state index in [1.807, 2.05) is 0 Å². The van der Waals surface area contributed by atoms with Gasteiger partial charge in [0.05, 0.1) is 16.3 Å². The van der Waals surface area contributed by atoms with E-state index >= 15 is 0 Å². The molecule has 1 aromatic heterocycles. The van der Waals surface area contributed by atoms with Gasteiger partial charge in [-0.25, -0.2) is 13.1 Å². The molecule has 1 heterocycles. The summed E-state index contributed by atoms with van der Waals surface area (Å²) in [5, 5.41) is 3.70. The maximum absolute atomic E-state index is 13.3. The highest BCUT2D eigenvalue weighted by Gasteiger charge is 2.35. The standard InChI is InChI=1S/C21H19F3N2O4S/c1-3-16(13-27)30-17-8-6-15(7-9-17)26-19(12-20(25-26)21(22,23)24)14-4-10-18(11-5-14)31(2,28)29/h4-13,16H,3H2,1-2H3. The Balaban J connectivity index is 2.04. The highest BCUT2D eigenvalue weighted by atomic mass is 32.2. The number of nitrogens with zero attached hydrogens (tertiary/aromatic N) is 2. The number of carbonyl (C=O) groups excluding carboxylic acids is 1. The zero-order chi connectivity index (χ0) is 22.8. The highest BCUT2D eigenvalue weighted by Crippen LogP contribution is 2.33. The van der Waals surface area contributed by atoms with Crippen LogP contribution in [0.3, 0.4) is 0 Å². The number of hydrogen-bond acceptors (Lipinski definition) is 5. The molecule has 0 amide bonds. The lowest BCUT2D eigenvalue weighted by molar-refractivity contribution is -0.141. The molecule has 164 valence electrons. The minimum absolute atomic E-state index is 0.0560. The minimum atomic E-state index is -4.66. The third-order valence-electron chi connectivity index (χ3n) is 4.50. The summed E-state index contributed by atoms with van der Waals surface area (Å²) in [6.45, 7) is 1.79. The van der Waals surface area contributed by atoms with Crippen molar-refractivity contribution in [3.05, 3.63) is 60.3 Å². The zero-order valence-corrected chi connectivity index (χ0v) is 17.4. The molecule has 0 fully saturated rings. The summed E-state index contributed by atoms with van der Waals surface area (Å²) < 4.78 is 69.9. The van der Waals surface area contributed by atoms with Crippen LogP contribution in [0, 0.1) is 0 Å². The third kappa shape index (κ3) is 5.13. The molecule has 0 N–H and O–H groups in total. The zero-order valence-electron chi connectivity index (χ0n) is 16.6. The summed E-state index contributed by atoms with van der Waals surface area (Å²) in [4.78, 5) is 11.0. The minimum Gasteiger partial charge on any atom is -0.483 e. The summed E-state index contributed by atoms with van der Waals surface area (Å²) in [7, 11) is -3.44. The number of aldehydes is 1. The normalized spacial score (nSPS) is 13.1. The van der Waals surface area contributed by atoms with E-state index < -0.39 is 27.8 Å². The monoisotopic (exact) mass is 452 g/mol. The van der Waals surface area contributed by atoms with E-state index in [0.29, 0.717) is 29.7 Å². The van der Waals surface area contributed by atoms with Crippen molar-refractivity contribution in [1.82, 2.24) is 9.78 Å². The molecule has 10 heteroatoms. The Morgan fingerprint density at radius 3 is 2.19 bits per heavy atom. The third-order valence-corrected chi connectivity index (χ3v) is 5.63. The molecule has 0 aliphatic carbocycles. The number of halogens is 3. The van der Waals surface area contributed by atoms with Gasteiger partial charge in [0.25, 0.3) is 0 Å². The number of benzene rings is 2. The highest BCUT2D eigenvalue weighted by molar-refractivity contribution is 7.90. The van der Waals surface area contributed by atoms with Gasteiger partial charge in [0.15, 0.2) is 27.9 Å². The van der Waals surface area contributed by atoms with Crippen LogP contribution in [0.1, 0.15) is 19.0 Å². The number of sulfone groups is 1. The van der Waals surface area contributed by atoms with Crippen molar-refractivity contribution < 1.29 is 31.1 Å². The molecule has 2 aromatic carbocycles. The second kappa shape index (κ2) is 8.54. The van der Waals surface area contributed by atoms with Crippen molar-refractivity contribution >= 4 is 16.1 Å². The van der Waals surface area contributed by atoms with Gasteiger partial charge in [-0.15, -0.1) is 0 Å². The lowest BCUT2D eigenvalue weighted by Gasteiger charge is -2.13. The van der Waals surface area contributed by atoms with Crippen LogP contribution in [0.15, 0.2) is 59.5 Å². The summed E-state index contributed by atoms with van der Waals surface area (Å²) in [6.07, 6.45) is -3.07. The summed E-state index contributed by atoms with van der Waals surface area (Å²) in [5.41, 5.74) is -0.241. The number of rotatable bonds is 7. The lowest BCUT2D eigenvalue weighted by Crippen LogP contribution is -2.16. The Morgan fingerprint density at radius 1 is 1.10 bits per heavy atom. The molecule has 0 saturated carbocycles. The van der Waals surface area contributed by atoms with Gasteiger partial charge in [0.2, 0.25) is 0 Å². The van der Waals surface area contributed by atoms with Gasteiger partial charge in [-0.1, -0.05) is 19.1 Å². The molecule has 0 radical (unpaired) electrons. The van der Waals surface area contributed by atoms with Crippen molar-refractivity contribution in [3.63, 3.8) is 0 Å². The van der Waals surface area contributed by atoms with Gasteiger partial charge in [0.1, 0.15) is 5.75 Å². The largest absolute Gasteiger partial charge is 0.483 e. The molecule has 6 nitrogen and oxygen atoms in total. The maximum atomic E-state index is 13.3. The molecular formula is C21H19F3N2O4S. The van der Waals surface area contributed by atoms with Crippen LogP contribution in [0.2, 0.25) is 0 Å². The lowest BCUT2D eigenvalue weighted by atomic mass is 10.1. The Hall–Kier alpha value is -3.14. The van der Waals surface area contributed by atoms with Crippen LogP contribution in [-0.2, 0) is 20.8 Å². The Labute approximate surface area is 177 Å². The first kappa shape index (κ1) is 22.5. The first-order chi connectivity index (χ1) is 14.5. The molecule has 1 unspecified atom stereocenters. The van der Waals surface area contributed by atoms with E-state index in [-0.39, 0.29) is 10.6 Å². The molecule has 3 aromatic rings. The summed E-state index contributed by atoms with van der Waals surface area (Å²) in [6, 6.07) is 12.5. The van der Waals surface area contributed by atoms with Crippen molar-refractivity contribution in [2.24, 2.45) is 0 Å². The fourth-order valence-electron chi connectivity index (χ4n) is 2.84. The van der Waals surface area contributed by atoms with Gasteiger partial charge < -0.3 is 4.74 Å². The number of carbonyl (C=O) groups is 1. The smallest absolute Gasteiger partial charge is 0.435 e. The topological polar surface area (TPSA) is 78.3 Å². The maximum Gasteiger partial charge on any atom is 0.435 e. The predicted molar refractivity (Wildman–Crippen MR) is 108 cm³/mol. The number of aromatic nitrogens is 2. The second-order valence-corrected chi connectivity index (χ2v) is 8.83. The van der Waals surface area contributed by atoms with E-state index in [1.165, 1.54) is 48.5 Å². The van der Waals surface area contributed by atoms with Crippen molar-refractivity contribution in [2.75, 3.05) is 6.26 Å². The Morgan fingerprint density at radius 2 is 1.71 bits per heavy atom. The van der Waals surface area contributed by atoms with Gasteiger partial charge >= 0.3 is 6.18 Å². The van der Waals surface area contributed by atoms with Crippen LogP contribution in [0.5, 0.6) is 5.75 Å². The fourth-order valence-corrected chi connectivity index (χ4v) is 3.47. The van der Waals surface area contributed by atoms with Crippen LogP contribution in [0.25, 0.3) is 16.9 Å². The van der Waals surface area contributed by atoms with Crippen molar-refractivity contribution in [1.29, 1.82) is 0 Å². The molecule has 0 bridgehead atoms. The molecule has 0 aliphatic rings. The van der Waals surface area contributed by atoms with E-state index in [0.717, 1.165) is 17.0 Å². The van der Waals surface area contributed by atoms with Gasteiger partial charge in [-0.05, 0) is 48.9 Å². The van der Waals surface area contributed by atoms with Gasteiger partial charge in [-0.3, -0.25) is 4.79 Å². The average molecular weight is 452 g/mol. The molecule has 0 aliphatic heterocycles. The number of hydrogen-bond donors (Lipinski definition) is 0. The van der Waals surface area contributed by atoms with Gasteiger partial charge in [-0.2, -0.15) is 18.3 Å². The van der Waals surface area contributed by atoms with Crippen LogP contribution < -0.4 is 4.74 Å². The van der Waals surface area contributed by atoms with Crippen LogP contribution >= 0.6 is 0 Å². The molecular weight excluding hydrogens is 433 g/mol. The summed E-state index contributed by atoms with van der Waals surface area (Å²) >= 11 is 0. The van der Waals surface area contributed by atoms with E-state index in [4.69, 9.17) is 4.74 Å². The fraction of sp³-hybridized carbons (Fsp3) is 0.238. The molecule has 0 saturated heterocycles. The second-order valence-electron chi connectivity index (χ2n) is 6.82. The number of ether oxygens (including phenoxy) is 1. The Kier molecular flexibility index (Phi) is 6.21. The predicted octanol–water partition coefficient (Wildman–Crippen LogP) is 4.32. The molecule has 3 rings (SSSR count). The quantitative estimate of drug-likeness (QED) is 0.499. The van der Waals surface area contributed by atoms with Gasteiger partial charge in [0, 0.05) is 11.8 Å². The van der Waals surface area contributed by atoms with E-state index in [1.54, 1.807) is 6.92 Å². The Bertz CT molecular complexity index is 1170. The van der Waals surface area contributed by atoms with Crippen LogP contribution in [-0.4, -0.2) is 36.8 Å². The summed E-state index contributed by atoms with van der Waals surface area (Å²) in [5.74, 6) is 0.393. The van der Waals surface area contributed by atoms with Crippen molar-refractivity contribution in [2.45, 2.75) is 30.5 Å².